The van der Waals surface area contributed by atoms with Gasteiger partial charge in [-0.25, -0.2) is 8.78 Å². The Labute approximate surface area is 183 Å². The summed E-state index contributed by atoms with van der Waals surface area (Å²) >= 11 is 0. The molecule has 0 saturated carbocycles. The summed E-state index contributed by atoms with van der Waals surface area (Å²) in [5.41, 5.74) is 1.59. The van der Waals surface area contributed by atoms with Crippen LogP contribution in [0.4, 0.5) is 8.78 Å². The third kappa shape index (κ3) is 6.60. The minimum atomic E-state index is -0.929. The molecule has 0 unspecified atom stereocenters. The van der Waals surface area contributed by atoms with Crippen LogP contribution in [-0.4, -0.2) is 22.9 Å². The molecule has 0 aliphatic heterocycles. The smallest absolute Gasteiger partial charge is 0.254 e. The van der Waals surface area contributed by atoms with Gasteiger partial charge in [-0.3, -0.25) is 14.4 Å². The van der Waals surface area contributed by atoms with Crippen LogP contribution in [0.1, 0.15) is 34.3 Å². The average molecular weight is 439 g/mol. The van der Waals surface area contributed by atoms with E-state index in [1.807, 2.05) is 24.3 Å². The summed E-state index contributed by atoms with van der Waals surface area (Å²) in [7, 11) is 0. The van der Waals surface area contributed by atoms with Crippen molar-refractivity contribution in [1.29, 1.82) is 0 Å². The Morgan fingerprint density at radius 3 is 2.38 bits per heavy atom. The van der Waals surface area contributed by atoms with E-state index in [1.165, 1.54) is 6.07 Å². The largest absolute Gasteiger partial charge is 0.352 e. The first-order valence-corrected chi connectivity index (χ1v) is 10.2. The molecule has 0 radical (unpaired) electrons. The number of pyridine rings is 1. The zero-order valence-corrected chi connectivity index (χ0v) is 17.3. The van der Waals surface area contributed by atoms with Crippen LogP contribution in [0.25, 0.3) is 0 Å². The third-order valence-corrected chi connectivity index (χ3v) is 4.81. The molecule has 32 heavy (non-hydrogen) atoms. The zero-order valence-electron chi connectivity index (χ0n) is 17.3. The average Bonchev–Trinajstić information content (AvgIpc) is 2.77. The fourth-order valence-electron chi connectivity index (χ4n) is 3.06. The summed E-state index contributed by atoms with van der Waals surface area (Å²) in [5.74, 6) is -2.51. The predicted molar refractivity (Wildman–Crippen MR) is 116 cm³/mol. The van der Waals surface area contributed by atoms with E-state index in [0.717, 1.165) is 23.3 Å². The van der Waals surface area contributed by atoms with Gasteiger partial charge in [-0.05, 0) is 35.7 Å². The van der Waals surface area contributed by atoms with Gasteiger partial charge in [0.1, 0.15) is 11.6 Å². The summed E-state index contributed by atoms with van der Waals surface area (Å²) in [6.45, 7) is 1.02. The van der Waals surface area contributed by atoms with Crippen molar-refractivity contribution in [2.24, 2.45) is 0 Å². The van der Waals surface area contributed by atoms with Gasteiger partial charge < -0.3 is 15.2 Å². The maximum Gasteiger partial charge on any atom is 0.254 e. The van der Waals surface area contributed by atoms with E-state index >= 15 is 0 Å². The molecule has 2 N–H and O–H groups in total. The highest BCUT2D eigenvalue weighted by Crippen LogP contribution is 2.09. The number of carbonyl (C=O) groups excluding carboxylic acids is 2. The Hall–Kier alpha value is -3.81. The van der Waals surface area contributed by atoms with Crippen molar-refractivity contribution in [3.63, 3.8) is 0 Å². The molecule has 1 heterocycles. The van der Waals surface area contributed by atoms with Crippen LogP contribution in [0.15, 0.2) is 71.7 Å². The number of halogens is 2. The number of amides is 2. The SMILES string of the molecule is O=C(CCCNC(=O)c1ccc(F)cc1F)NCc1ccc(Cn2ccccc2=O)cc1. The molecule has 6 nitrogen and oxygen atoms in total. The van der Waals surface area contributed by atoms with Crippen LogP contribution < -0.4 is 16.2 Å². The lowest BCUT2D eigenvalue weighted by molar-refractivity contribution is -0.121. The second-order valence-corrected chi connectivity index (χ2v) is 7.24. The molecule has 0 spiro atoms. The second kappa shape index (κ2) is 11.0. The minimum Gasteiger partial charge on any atom is -0.352 e. The van der Waals surface area contributed by atoms with Crippen molar-refractivity contribution in [2.75, 3.05) is 6.54 Å². The standard InChI is InChI=1S/C24H23F2N3O3/c25-19-10-11-20(21(26)14-19)24(32)27-12-3-4-22(30)28-15-17-6-8-18(9-7-17)16-29-13-2-1-5-23(29)31/h1-2,5-11,13-14H,3-4,12,15-16H2,(H,27,32)(H,28,30). The first-order valence-electron chi connectivity index (χ1n) is 10.2. The molecular weight excluding hydrogens is 416 g/mol. The van der Waals surface area contributed by atoms with E-state index in [-0.39, 0.29) is 30.0 Å². The number of nitrogens with zero attached hydrogens (tertiary/aromatic N) is 1. The summed E-state index contributed by atoms with van der Waals surface area (Å²) < 4.78 is 28.1. The van der Waals surface area contributed by atoms with Crippen molar-refractivity contribution in [3.8, 4) is 0 Å². The van der Waals surface area contributed by atoms with Crippen molar-refractivity contribution >= 4 is 11.8 Å². The third-order valence-electron chi connectivity index (χ3n) is 4.81. The summed E-state index contributed by atoms with van der Waals surface area (Å²) in [6, 6.07) is 15.3. The quantitative estimate of drug-likeness (QED) is 0.503. The molecular formula is C24H23F2N3O3. The lowest BCUT2D eigenvalue weighted by atomic mass is 10.1. The van der Waals surface area contributed by atoms with Crippen LogP contribution in [0.3, 0.4) is 0 Å². The number of hydrogen-bond donors (Lipinski definition) is 2. The number of aromatic nitrogens is 1. The van der Waals surface area contributed by atoms with E-state index in [4.69, 9.17) is 0 Å². The maximum absolute atomic E-state index is 13.6. The van der Waals surface area contributed by atoms with Gasteiger partial charge in [0, 0.05) is 37.8 Å². The lowest BCUT2D eigenvalue weighted by Gasteiger charge is -2.09. The van der Waals surface area contributed by atoms with Crippen LogP contribution >= 0.6 is 0 Å². The minimum absolute atomic E-state index is 0.0668. The normalized spacial score (nSPS) is 10.6. The van der Waals surface area contributed by atoms with Gasteiger partial charge in [0.25, 0.3) is 11.5 Å². The number of hydrogen-bond acceptors (Lipinski definition) is 3. The Bertz CT molecular complexity index is 1140. The van der Waals surface area contributed by atoms with Gasteiger partial charge in [-0.1, -0.05) is 30.3 Å². The van der Waals surface area contributed by atoms with Gasteiger partial charge in [0.15, 0.2) is 0 Å². The molecule has 2 amide bonds. The van der Waals surface area contributed by atoms with Gasteiger partial charge in [0.2, 0.25) is 5.91 Å². The van der Waals surface area contributed by atoms with E-state index in [9.17, 15) is 23.2 Å². The molecule has 0 aliphatic rings. The Balaban J connectivity index is 1.37. The molecule has 0 atom stereocenters. The number of carbonyl (C=O) groups is 2. The van der Waals surface area contributed by atoms with Crippen molar-refractivity contribution in [2.45, 2.75) is 25.9 Å². The lowest BCUT2D eigenvalue weighted by Crippen LogP contribution is -2.28. The summed E-state index contributed by atoms with van der Waals surface area (Å²) in [6.07, 6.45) is 2.31. The van der Waals surface area contributed by atoms with Crippen LogP contribution in [-0.2, 0) is 17.9 Å². The van der Waals surface area contributed by atoms with E-state index in [0.29, 0.717) is 25.6 Å². The molecule has 3 rings (SSSR count). The van der Waals surface area contributed by atoms with Crippen LogP contribution in [0.2, 0.25) is 0 Å². The molecule has 1 aromatic heterocycles. The highest BCUT2D eigenvalue weighted by Gasteiger charge is 2.12. The molecule has 8 heteroatoms. The van der Waals surface area contributed by atoms with E-state index in [2.05, 4.69) is 10.6 Å². The highest BCUT2D eigenvalue weighted by atomic mass is 19.1. The fourth-order valence-corrected chi connectivity index (χ4v) is 3.06. The number of nitrogens with one attached hydrogen (secondary N) is 2. The Morgan fingerprint density at radius 1 is 0.906 bits per heavy atom. The molecule has 2 aromatic carbocycles. The fraction of sp³-hybridized carbons (Fsp3) is 0.208. The van der Waals surface area contributed by atoms with E-state index < -0.39 is 17.5 Å². The predicted octanol–water partition coefficient (Wildman–Crippen LogP) is 3.00. The van der Waals surface area contributed by atoms with Gasteiger partial charge >= 0.3 is 0 Å². The molecule has 0 aliphatic carbocycles. The van der Waals surface area contributed by atoms with Crippen molar-refractivity contribution < 1.29 is 18.4 Å². The van der Waals surface area contributed by atoms with E-state index in [1.54, 1.807) is 22.9 Å². The van der Waals surface area contributed by atoms with Crippen molar-refractivity contribution in [3.05, 3.63) is 106 Å². The summed E-state index contributed by atoms with van der Waals surface area (Å²) in [5, 5.41) is 5.32. The van der Waals surface area contributed by atoms with Gasteiger partial charge in [-0.2, -0.15) is 0 Å². The van der Waals surface area contributed by atoms with Gasteiger partial charge in [-0.15, -0.1) is 0 Å². The highest BCUT2D eigenvalue weighted by molar-refractivity contribution is 5.94. The maximum atomic E-state index is 13.6. The number of rotatable bonds is 9. The Morgan fingerprint density at radius 2 is 1.66 bits per heavy atom. The molecule has 3 aromatic rings. The first kappa shape index (κ1) is 22.9. The zero-order chi connectivity index (χ0) is 22.9. The Kier molecular flexibility index (Phi) is 7.85. The number of benzene rings is 2. The second-order valence-electron chi connectivity index (χ2n) is 7.24. The molecule has 0 saturated heterocycles. The van der Waals surface area contributed by atoms with Gasteiger partial charge in [0.05, 0.1) is 12.1 Å². The first-order chi connectivity index (χ1) is 15.4. The topological polar surface area (TPSA) is 80.2 Å². The van der Waals surface area contributed by atoms with Crippen LogP contribution in [0.5, 0.6) is 0 Å². The molecule has 0 fully saturated rings. The monoisotopic (exact) mass is 439 g/mol. The molecule has 166 valence electrons. The summed E-state index contributed by atoms with van der Waals surface area (Å²) in [4.78, 5) is 35.7. The van der Waals surface area contributed by atoms with Crippen LogP contribution in [0, 0.1) is 11.6 Å². The van der Waals surface area contributed by atoms with Crippen molar-refractivity contribution in [1.82, 2.24) is 15.2 Å². The molecule has 0 bridgehead atoms.